The fourth-order valence-corrected chi connectivity index (χ4v) is 2.68. The van der Waals surface area contributed by atoms with Crippen molar-refractivity contribution in [2.45, 2.75) is 37.4 Å². The number of hydrogen-bond donors (Lipinski definition) is 0. The van der Waals surface area contributed by atoms with Gasteiger partial charge in [0.2, 0.25) is 0 Å². The van der Waals surface area contributed by atoms with E-state index in [1.165, 1.54) is 54.6 Å². The van der Waals surface area contributed by atoms with Crippen molar-refractivity contribution in [2.24, 2.45) is 0 Å². The van der Waals surface area contributed by atoms with Crippen LogP contribution in [0.15, 0.2) is 91.0 Å². The van der Waals surface area contributed by atoms with Gasteiger partial charge in [-0.05, 0) is 36.4 Å². The van der Waals surface area contributed by atoms with Crippen molar-refractivity contribution in [3.8, 4) is 17.2 Å². The summed E-state index contributed by atoms with van der Waals surface area (Å²) >= 11 is 0. The fraction of sp³-hybridized carbons (Fsp3) is 0.250. The molecule has 0 radical (unpaired) electrons. The first-order chi connectivity index (χ1) is 18.8. The Balaban J connectivity index is 1.79. The molecule has 0 saturated carbocycles. The Hall–Kier alpha value is -3.63. The van der Waals surface area contributed by atoms with Gasteiger partial charge in [-0.3, -0.25) is 0 Å². The van der Waals surface area contributed by atoms with Crippen LogP contribution in [0.5, 0.6) is 17.2 Å². The minimum atomic E-state index is -5.36. The molecule has 16 heteroatoms. The Morgan fingerprint density at radius 2 is 0.650 bits per heavy atom. The smallest absolute Gasteiger partial charge is 0.452 e. The molecule has 3 atom stereocenters. The van der Waals surface area contributed by atoms with Crippen LogP contribution in [0, 0.1) is 0 Å². The van der Waals surface area contributed by atoms with Gasteiger partial charge in [-0.15, -0.1) is 0 Å². The molecular formula is C24H18BF9O6. The third-order valence-corrected chi connectivity index (χ3v) is 4.50. The molecule has 0 aliphatic rings. The average Bonchev–Trinajstić information content (AvgIpc) is 2.89. The molecule has 3 aromatic carbocycles. The van der Waals surface area contributed by atoms with Crippen molar-refractivity contribution < 1.29 is 67.7 Å². The zero-order valence-corrected chi connectivity index (χ0v) is 19.8. The van der Waals surface area contributed by atoms with Crippen molar-refractivity contribution in [3.63, 3.8) is 0 Å². The van der Waals surface area contributed by atoms with Crippen molar-refractivity contribution in [1.29, 1.82) is 0 Å². The second kappa shape index (κ2) is 13.2. The lowest BCUT2D eigenvalue weighted by molar-refractivity contribution is -0.341. The first-order valence-electron chi connectivity index (χ1n) is 11.0. The molecule has 0 N–H and O–H groups in total. The lowest BCUT2D eigenvalue weighted by atomic mass is 10.2. The van der Waals surface area contributed by atoms with Gasteiger partial charge >= 0.3 is 44.7 Å². The molecule has 40 heavy (non-hydrogen) atoms. The quantitative estimate of drug-likeness (QED) is 0.143. The van der Waals surface area contributed by atoms with Crippen LogP contribution in [0.25, 0.3) is 0 Å². The molecule has 216 valence electrons. The maximum atomic E-state index is 14.4. The monoisotopic (exact) mass is 584 g/mol. The van der Waals surface area contributed by atoms with Crippen LogP contribution in [-0.4, -0.2) is 44.7 Å². The summed E-state index contributed by atoms with van der Waals surface area (Å²) in [7, 11) is -4.02. The van der Waals surface area contributed by atoms with Gasteiger partial charge < -0.3 is 28.2 Å². The second-order valence-electron chi connectivity index (χ2n) is 7.57. The van der Waals surface area contributed by atoms with Gasteiger partial charge in [-0.2, -0.15) is 39.5 Å². The molecule has 0 heterocycles. The minimum absolute atomic E-state index is 0.507. The summed E-state index contributed by atoms with van der Waals surface area (Å²) in [5.41, 5.74) is 0. The number of rotatable bonds is 15. The van der Waals surface area contributed by atoms with Crippen LogP contribution >= 0.6 is 0 Å². The van der Waals surface area contributed by atoms with E-state index in [4.69, 9.17) is 0 Å². The number of alkyl halides is 9. The molecule has 0 aliphatic heterocycles. The zero-order valence-electron chi connectivity index (χ0n) is 19.8. The van der Waals surface area contributed by atoms with E-state index in [9.17, 15) is 39.5 Å². The van der Waals surface area contributed by atoms with Crippen molar-refractivity contribution >= 4 is 7.32 Å². The summed E-state index contributed by atoms with van der Waals surface area (Å²) in [4.78, 5) is 0. The number of benzene rings is 3. The highest BCUT2D eigenvalue weighted by atomic mass is 19.3. The Bertz CT molecular complexity index is 1020. The van der Waals surface area contributed by atoms with Crippen LogP contribution < -0.4 is 14.2 Å². The Labute approximate surface area is 221 Å². The van der Waals surface area contributed by atoms with E-state index in [-0.39, 0.29) is 0 Å². The van der Waals surface area contributed by atoms with E-state index in [0.717, 1.165) is 36.4 Å². The maximum absolute atomic E-state index is 14.4. The molecule has 0 spiro atoms. The van der Waals surface area contributed by atoms with Gasteiger partial charge in [-0.25, -0.2) is 0 Å². The Morgan fingerprint density at radius 3 is 0.875 bits per heavy atom. The molecule has 0 bridgehead atoms. The summed E-state index contributed by atoms with van der Waals surface area (Å²) < 4.78 is 152. The van der Waals surface area contributed by atoms with Gasteiger partial charge in [-0.1, -0.05) is 54.6 Å². The summed E-state index contributed by atoms with van der Waals surface area (Å²) in [6, 6.07) is 17.8. The van der Waals surface area contributed by atoms with E-state index in [1.807, 2.05) is 0 Å². The number of ether oxygens (including phenoxy) is 3. The molecule has 0 saturated heterocycles. The lowest BCUT2D eigenvalue weighted by Gasteiger charge is -2.30. The Kier molecular flexibility index (Phi) is 10.2. The van der Waals surface area contributed by atoms with E-state index in [2.05, 4.69) is 28.2 Å². The van der Waals surface area contributed by atoms with Gasteiger partial charge in [0.1, 0.15) is 17.2 Å². The number of halogens is 9. The van der Waals surface area contributed by atoms with Crippen molar-refractivity contribution in [1.82, 2.24) is 0 Å². The van der Waals surface area contributed by atoms with Gasteiger partial charge in [0.25, 0.3) is 0 Å². The molecule has 0 fully saturated rings. The van der Waals surface area contributed by atoms with E-state index >= 15 is 0 Å². The van der Waals surface area contributed by atoms with Gasteiger partial charge in [0, 0.05) is 0 Å². The highest BCUT2D eigenvalue weighted by Crippen LogP contribution is 2.35. The number of hydrogen-bond acceptors (Lipinski definition) is 6. The molecular weight excluding hydrogens is 566 g/mol. The minimum Gasteiger partial charge on any atom is -0.452 e. The SMILES string of the molecule is FC(Oc1ccccc1)C(F)(F)OB(OC(F)(F)C(F)Oc1ccccc1)OC(F)(F)C(F)Oc1ccccc1. The third-order valence-electron chi connectivity index (χ3n) is 4.50. The average molecular weight is 584 g/mol. The molecule has 0 aliphatic carbocycles. The van der Waals surface area contributed by atoms with Crippen molar-refractivity contribution in [3.05, 3.63) is 91.0 Å². The van der Waals surface area contributed by atoms with Gasteiger partial charge in [0.15, 0.2) is 0 Å². The van der Waals surface area contributed by atoms with E-state index in [0.29, 0.717) is 0 Å². The first-order valence-corrected chi connectivity index (χ1v) is 11.0. The van der Waals surface area contributed by atoms with Crippen LogP contribution in [0.4, 0.5) is 39.5 Å². The molecule has 3 aromatic rings. The molecule has 0 amide bonds. The summed E-state index contributed by atoms with van der Waals surface area (Å²) in [6.07, 6.45) is -27.5. The van der Waals surface area contributed by atoms with Crippen molar-refractivity contribution in [2.75, 3.05) is 0 Å². The van der Waals surface area contributed by atoms with Crippen LogP contribution in [-0.2, 0) is 14.0 Å². The topological polar surface area (TPSA) is 55.4 Å². The van der Waals surface area contributed by atoms with Crippen LogP contribution in [0.2, 0.25) is 0 Å². The summed E-state index contributed by atoms with van der Waals surface area (Å²) in [5.74, 6) is -1.52. The third kappa shape index (κ3) is 8.96. The van der Waals surface area contributed by atoms with Crippen LogP contribution in [0.3, 0.4) is 0 Å². The molecule has 3 rings (SSSR count). The zero-order chi connectivity index (χ0) is 29.4. The summed E-state index contributed by atoms with van der Waals surface area (Å²) in [6.45, 7) is 0. The highest BCUT2D eigenvalue weighted by molar-refractivity contribution is 6.36. The van der Waals surface area contributed by atoms with E-state index in [1.54, 1.807) is 0 Å². The van der Waals surface area contributed by atoms with Gasteiger partial charge in [0.05, 0.1) is 0 Å². The maximum Gasteiger partial charge on any atom is 0.652 e. The second-order valence-corrected chi connectivity index (χ2v) is 7.57. The first kappa shape index (κ1) is 30.9. The normalized spacial score (nSPS) is 14.6. The van der Waals surface area contributed by atoms with Crippen LogP contribution in [0.1, 0.15) is 0 Å². The largest absolute Gasteiger partial charge is 0.652 e. The molecule has 3 unspecified atom stereocenters. The number of para-hydroxylation sites is 3. The molecule has 6 nitrogen and oxygen atoms in total. The predicted octanol–water partition coefficient (Wildman–Crippen LogP) is 6.92. The molecule has 0 aromatic heterocycles. The summed E-state index contributed by atoms with van der Waals surface area (Å²) in [5, 5.41) is 0. The lowest BCUT2D eigenvalue weighted by Crippen LogP contribution is -2.53. The predicted molar refractivity (Wildman–Crippen MR) is 120 cm³/mol. The fourth-order valence-electron chi connectivity index (χ4n) is 2.68. The highest BCUT2D eigenvalue weighted by Gasteiger charge is 2.59. The Morgan fingerprint density at radius 1 is 0.425 bits per heavy atom. The van der Waals surface area contributed by atoms with E-state index < -0.39 is 62.0 Å². The standard InChI is InChI=1S/C24H18BF9O6/c26-19(35-16-10-4-1-5-11-16)22(29,30)38-25(39-23(31,32)20(27)36-17-12-6-2-7-13-17)40-24(33,34)21(28)37-18-14-8-3-9-15-18/h1-15,19-21H.